The van der Waals surface area contributed by atoms with Crippen molar-refractivity contribution in [1.82, 2.24) is 19.4 Å². The van der Waals surface area contributed by atoms with Gasteiger partial charge in [-0.3, -0.25) is 9.36 Å². The van der Waals surface area contributed by atoms with E-state index in [0.29, 0.717) is 40.8 Å². The highest BCUT2D eigenvalue weighted by Gasteiger charge is 2.22. The van der Waals surface area contributed by atoms with Gasteiger partial charge in [0.25, 0.3) is 5.56 Å². The minimum Gasteiger partial charge on any atom is -0.351 e. The first kappa shape index (κ1) is 21.9. The van der Waals surface area contributed by atoms with Crippen molar-refractivity contribution < 1.29 is 4.79 Å². The number of pyridine rings is 1. The fourth-order valence-electron chi connectivity index (χ4n) is 3.62. The number of piperidine rings is 1. The van der Waals surface area contributed by atoms with Crippen LogP contribution < -0.4 is 16.6 Å². The summed E-state index contributed by atoms with van der Waals surface area (Å²) in [6.45, 7) is 1.19. The second-order valence-corrected chi connectivity index (χ2v) is 7.53. The lowest BCUT2D eigenvalue weighted by atomic mass is 10.1. The maximum Gasteiger partial charge on any atom is 0.314 e. The van der Waals surface area contributed by atoms with Gasteiger partial charge in [-0.05, 0) is 25.0 Å². The number of carbonyl (C=O) groups excluding carboxylic acids is 1. The zero-order valence-corrected chi connectivity index (χ0v) is 17.9. The van der Waals surface area contributed by atoms with Crippen LogP contribution in [0.5, 0.6) is 0 Å². The number of fused-ring (bicyclic) bond motifs is 1. The number of urea groups is 1. The van der Waals surface area contributed by atoms with Gasteiger partial charge in [0.15, 0.2) is 0 Å². The summed E-state index contributed by atoms with van der Waals surface area (Å²) in [7, 11) is 1.69. The molecule has 0 spiro atoms. The molecule has 3 N–H and O–H groups in total. The van der Waals surface area contributed by atoms with E-state index >= 15 is 0 Å². The predicted molar refractivity (Wildman–Crippen MR) is 120 cm³/mol. The number of nitrogens with two attached hydrogens (primary N) is 1. The molecule has 0 bridgehead atoms. The average Bonchev–Trinajstić information content (AvgIpc) is 2.72. The molecule has 1 aliphatic heterocycles. The van der Waals surface area contributed by atoms with Crippen LogP contribution in [-0.2, 0) is 7.05 Å². The van der Waals surface area contributed by atoms with Gasteiger partial charge in [-0.15, -0.1) is 12.4 Å². The maximum absolute atomic E-state index is 12.9. The van der Waals surface area contributed by atoms with Crippen molar-refractivity contribution >= 4 is 47.0 Å². The number of nitrogens with zero attached hydrogens (tertiary/aromatic N) is 4. The van der Waals surface area contributed by atoms with Crippen LogP contribution in [0.15, 0.2) is 41.3 Å². The van der Waals surface area contributed by atoms with Crippen LogP contribution in [0.25, 0.3) is 22.2 Å². The fraction of sp³-hybridized carbons (Fsp3) is 0.300. The van der Waals surface area contributed by atoms with Crippen molar-refractivity contribution in [3.63, 3.8) is 0 Å². The number of primary amides is 1. The Morgan fingerprint density at radius 2 is 1.93 bits per heavy atom. The molecule has 1 saturated heterocycles. The molecule has 1 aliphatic rings. The summed E-state index contributed by atoms with van der Waals surface area (Å²) in [5, 5.41) is 4.56. The standard InChI is InChI=1S/C20H21ClN6O2.ClH/c1-26-17-12(10-15(18(26)28)14-4-2-3-5-16(14)21)11-23-20(25-17)24-13-6-8-27(9-7-13)19(22)29;/h2-5,10-11,13H,6-9H2,1H3,(H2,22,29)(H,23,24,25);1H. The molecule has 1 aromatic carbocycles. The van der Waals surface area contributed by atoms with E-state index in [-0.39, 0.29) is 24.0 Å². The largest absolute Gasteiger partial charge is 0.351 e. The van der Waals surface area contributed by atoms with Crippen molar-refractivity contribution in [2.24, 2.45) is 12.8 Å². The Morgan fingerprint density at radius 3 is 2.60 bits per heavy atom. The van der Waals surface area contributed by atoms with Gasteiger partial charge in [-0.1, -0.05) is 29.8 Å². The van der Waals surface area contributed by atoms with E-state index in [1.165, 1.54) is 4.57 Å². The van der Waals surface area contributed by atoms with E-state index in [4.69, 9.17) is 17.3 Å². The van der Waals surface area contributed by atoms with Gasteiger partial charge in [-0.25, -0.2) is 9.78 Å². The number of nitrogens with one attached hydrogen (secondary N) is 1. The van der Waals surface area contributed by atoms with Crippen molar-refractivity contribution in [3.05, 3.63) is 51.9 Å². The molecule has 3 aromatic rings. The van der Waals surface area contributed by atoms with Crippen LogP contribution in [0.1, 0.15) is 12.8 Å². The van der Waals surface area contributed by atoms with Crippen LogP contribution in [0.3, 0.4) is 0 Å². The van der Waals surface area contributed by atoms with Gasteiger partial charge in [0.05, 0.1) is 0 Å². The summed E-state index contributed by atoms with van der Waals surface area (Å²) < 4.78 is 1.51. The van der Waals surface area contributed by atoms with Gasteiger partial charge in [0, 0.05) is 53.9 Å². The Labute approximate surface area is 184 Å². The van der Waals surface area contributed by atoms with Gasteiger partial charge < -0.3 is 16.0 Å². The predicted octanol–water partition coefficient (Wildman–Crippen LogP) is 3.03. The third-order valence-electron chi connectivity index (χ3n) is 5.25. The first-order valence-electron chi connectivity index (χ1n) is 9.36. The first-order valence-corrected chi connectivity index (χ1v) is 9.74. The molecule has 0 aliphatic carbocycles. The molecule has 1 fully saturated rings. The van der Waals surface area contributed by atoms with Gasteiger partial charge >= 0.3 is 6.03 Å². The van der Waals surface area contributed by atoms with E-state index in [0.717, 1.165) is 18.2 Å². The number of benzene rings is 1. The molecular weight excluding hydrogens is 427 g/mol. The molecule has 2 amide bonds. The number of halogens is 2. The van der Waals surface area contributed by atoms with E-state index in [1.807, 2.05) is 18.2 Å². The van der Waals surface area contributed by atoms with Crippen LogP contribution in [-0.4, -0.2) is 44.6 Å². The molecule has 8 nitrogen and oxygen atoms in total. The molecule has 0 saturated carbocycles. The number of amides is 2. The van der Waals surface area contributed by atoms with Crippen LogP contribution >= 0.6 is 24.0 Å². The number of rotatable bonds is 3. The molecule has 3 heterocycles. The zero-order chi connectivity index (χ0) is 20.5. The summed E-state index contributed by atoms with van der Waals surface area (Å²) in [6.07, 6.45) is 3.21. The number of anilines is 1. The van der Waals surface area contributed by atoms with Crippen molar-refractivity contribution in [2.45, 2.75) is 18.9 Å². The lowest BCUT2D eigenvalue weighted by Gasteiger charge is -2.31. The highest BCUT2D eigenvalue weighted by Crippen LogP contribution is 2.27. The smallest absolute Gasteiger partial charge is 0.314 e. The summed E-state index contributed by atoms with van der Waals surface area (Å²) in [4.78, 5) is 34.7. The van der Waals surface area contributed by atoms with Gasteiger partial charge in [0.2, 0.25) is 5.95 Å². The van der Waals surface area contributed by atoms with Crippen LogP contribution in [0, 0.1) is 0 Å². The van der Waals surface area contributed by atoms with Crippen LogP contribution in [0.2, 0.25) is 5.02 Å². The summed E-state index contributed by atoms with van der Waals surface area (Å²) in [5.41, 5.74) is 6.88. The molecule has 0 unspecified atom stereocenters. The number of carbonyl (C=O) groups is 1. The number of hydrogen-bond acceptors (Lipinski definition) is 5. The molecule has 10 heteroatoms. The van der Waals surface area contributed by atoms with E-state index in [9.17, 15) is 9.59 Å². The van der Waals surface area contributed by atoms with Gasteiger partial charge in [0.1, 0.15) is 5.65 Å². The number of hydrogen-bond donors (Lipinski definition) is 2. The summed E-state index contributed by atoms with van der Waals surface area (Å²) in [6, 6.07) is 8.77. The lowest BCUT2D eigenvalue weighted by Crippen LogP contribution is -2.44. The second-order valence-electron chi connectivity index (χ2n) is 7.12. The number of aryl methyl sites for hydroxylation is 1. The SMILES string of the molecule is Cl.Cn1c(=O)c(-c2ccccc2Cl)cc2cnc(NC3CCN(C(N)=O)CC3)nc21. The molecule has 4 rings (SSSR count). The zero-order valence-electron chi connectivity index (χ0n) is 16.3. The molecule has 158 valence electrons. The minimum atomic E-state index is -0.394. The number of aromatic nitrogens is 3. The van der Waals surface area contributed by atoms with Gasteiger partial charge in [-0.2, -0.15) is 4.98 Å². The molecule has 2 aromatic heterocycles. The van der Waals surface area contributed by atoms with Crippen molar-refractivity contribution in [3.8, 4) is 11.1 Å². The van der Waals surface area contributed by atoms with E-state index in [2.05, 4.69) is 15.3 Å². The number of likely N-dealkylation sites (tertiary alicyclic amines) is 1. The Balaban J connectivity index is 0.00000256. The van der Waals surface area contributed by atoms with E-state index in [1.54, 1.807) is 30.3 Å². The van der Waals surface area contributed by atoms with E-state index < -0.39 is 6.03 Å². The normalized spacial score (nSPS) is 14.4. The summed E-state index contributed by atoms with van der Waals surface area (Å²) in [5.74, 6) is 0.454. The summed E-state index contributed by atoms with van der Waals surface area (Å²) >= 11 is 6.28. The lowest BCUT2D eigenvalue weighted by molar-refractivity contribution is 0.193. The second kappa shape index (κ2) is 8.89. The quantitative estimate of drug-likeness (QED) is 0.640. The topological polar surface area (TPSA) is 106 Å². The minimum absolute atomic E-state index is 0. The Kier molecular flexibility index (Phi) is 6.48. The Morgan fingerprint density at radius 1 is 1.23 bits per heavy atom. The maximum atomic E-state index is 12.9. The third-order valence-corrected chi connectivity index (χ3v) is 5.58. The van der Waals surface area contributed by atoms with Crippen LogP contribution in [0.4, 0.5) is 10.7 Å². The Bertz CT molecular complexity index is 1140. The Hall–Kier alpha value is -2.84. The fourth-order valence-corrected chi connectivity index (χ4v) is 3.85. The van der Waals surface area contributed by atoms with Crippen molar-refractivity contribution in [1.29, 1.82) is 0 Å². The monoisotopic (exact) mass is 448 g/mol. The molecule has 0 atom stereocenters. The molecule has 0 radical (unpaired) electrons. The highest BCUT2D eigenvalue weighted by atomic mass is 35.5. The highest BCUT2D eigenvalue weighted by molar-refractivity contribution is 6.33. The average molecular weight is 449 g/mol. The van der Waals surface area contributed by atoms with Crippen molar-refractivity contribution in [2.75, 3.05) is 18.4 Å². The molecular formula is C20H22Cl2N6O2. The molecule has 30 heavy (non-hydrogen) atoms. The first-order chi connectivity index (χ1) is 13.9. The third kappa shape index (κ3) is 4.20.